The van der Waals surface area contributed by atoms with Crippen LogP contribution in [0.4, 0.5) is 10.5 Å². The fourth-order valence-electron chi connectivity index (χ4n) is 4.93. The summed E-state index contributed by atoms with van der Waals surface area (Å²) in [6.07, 6.45) is 5.32. The van der Waals surface area contributed by atoms with E-state index in [1.807, 2.05) is 63.2 Å². The second-order valence-corrected chi connectivity index (χ2v) is 12.0. The number of H-pyrrole nitrogens is 1. The first kappa shape index (κ1) is 26.3. The van der Waals surface area contributed by atoms with E-state index in [1.54, 1.807) is 0 Å². The molecule has 0 bridgehead atoms. The molecule has 200 valence electrons. The van der Waals surface area contributed by atoms with Gasteiger partial charge in [0.25, 0.3) is 5.91 Å². The molecule has 0 radical (unpaired) electrons. The summed E-state index contributed by atoms with van der Waals surface area (Å²) in [6, 6.07) is 14.2. The van der Waals surface area contributed by atoms with Gasteiger partial charge in [0, 0.05) is 35.1 Å². The van der Waals surface area contributed by atoms with E-state index in [0.717, 1.165) is 72.5 Å². The molecular weight excluding hydrogens is 498 g/mol. The molecule has 8 nitrogen and oxygen atoms in total. The monoisotopic (exact) mass is 533 g/mol. The van der Waals surface area contributed by atoms with Crippen molar-refractivity contribution in [1.82, 2.24) is 20.4 Å². The summed E-state index contributed by atoms with van der Waals surface area (Å²) in [5.74, 6) is -0.0148. The molecule has 1 aromatic heterocycles. The number of nitrogens with one attached hydrogen (secondary N) is 3. The van der Waals surface area contributed by atoms with Crippen LogP contribution < -0.4 is 10.6 Å². The molecule has 3 aromatic rings. The summed E-state index contributed by atoms with van der Waals surface area (Å²) in [4.78, 5) is 29.3. The number of anilines is 1. The molecule has 2 aromatic carbocycles. The topological polar surface area (TPSA) is 99.3 Å². The average molecular weight is 534 g/mol. The molecule has 0 unspecified atom stereocenters. The first-order valence-electron chi connectivity index (χ1n) is 13.2. The van der Waals surface area contributed by atoms with Crippen molar-refractivity contribution in [2.24, 2.45) is 0 Å². The third-order valence-corrected chi connectivity index (χ3v) is 7.81. The van der Waals surface area contributed by atoms with Gasteiger partial charge in [-0.1, -0.05) is 30.0 Å². The predicted octanol–water partition coefficient (Wildman–Crippen LogP) is 5.57. The van der Waals surface area contributed by atoms with E-state index >= 15 is 0 Å². The third kappa shape index (κ3) is 6.57. The summed E-state index contributed by atoms with van der Waals surface area (Å²) >= 11 is 1.52. The second kappa shape index (κ2) is 11.2. The van der Waals surface area contributed by atoms with Gasteiger partial charge in [0.2, 0.25) is 0 Å². The fourth-order valence-corrected chi connectivity index (χ4v) is 5.95. The number of hydrogen-bond donors (Lipinski definition) is 3. The SMILES string of the molecule is CC(C)(C)OC(=O)Nc1cccc(CCCN2CCC(NC(=O)C3=Cc4n[nH]c5cccc(c45)S3)CC2)c1. The Morgan fingerprint density at radius 3 is 2.74 bits per heavy atom. The summed E-state index contributed by atoms with van der Waals surface area (Å²) in [7, 11) is 0. The van der Waals surface area contributed by atoms with Crippen LogP contribution in [0.2, 0.25) is 0 Å². The highest BCUT2D eigenvalue weighted by molar-refractivity contribution is 8.04. The quantitative estimate of drug-likeness (QED) is 0.367. The first-order valence-corrected chi connectivity index (χ1v) is 14.0. The molecule has 0 spiro atoms. The minimum atomic E-state index is -0.524. The van der Waals surface area contributed by atoms with Crippen molar-refractivity contribution in [2.45, 2.75) is 63.0 Å². The van der Waals surface area contributed by atoms with E-state index in [-0.39, 0.29) is 11.9 Å². The summed E-state index contributed by atoms with van der Waals surface area (Å²) < 4.78 is 5.34. The fraction of sp³-hybridized carbons (Fsp3) is 0.414. The van der Waals surface area contributed by atoms with E-state index in [1.165, 1.54) is 17.3 Å². The lowest BCUT2D eigenvalue weighted by atomic mass is 10.0. The molecule has 0 aliphatic carbocycles. The lowest BCUT2D eigenvalue weighted by Crippen LogP contribution is -2.45. The number of carbonyl (C=O) groups is 2. The normalized spacial score (nSPS) is 16.2. The van der Waals surface area contributed by atoms with Gasteiger partial charge in [-0.2, -0.15) is 5.10 Å². The highest BCUT2D eigenvalue weighted by Gasteiger charge is 2.25. The van der Waals surface area contributed by atoms with E-state index in [9.17, 15) is 9.59 Å². The van der Waals surface area contributed by atoms with Crippen LogP contribution in [0.25, 0.3) is 17.0 Å². The molecule has 1 saturated heterocycles. The van der Waals surface area contributed by atoms with Gasteiger partial charge in [0.15, 0.2) is 0 Å². The number of carbonyl (C=O) groups excluding carboxylic acids is 2. The summed E-state index contributed by atoms with van der Waals surface area (Å²) in [5.41, 5.74) is 3.25. The van der Waals surface area contributed by atoms with Crippen LogP contribution in [0.1, 0.15) is 51.3 Å². The molecule has 2 amide bonds. The molecule has 0 saturated carbocycles. The Morgan fingerprint density at radius 1 is 1.16 bits per heavy atom. The number of thioether (sulfide) groups is 1. The lowest BCUT2D eigenvalue weighted by Gasteiger charge is -2.32. The number of benzene rings is 2. The van der Waals surface area contributed by atoms with Crippen molar-refractivity contribution in [3.63, 3.8) is 0 Å². The van der Waals surface area contributed by atoms with Crippen molar-refractivity contribution < 1.29 is 14.3 Å². The van der Waals surface area contributed by atoms with Gasteiger partial charge >= 0.3 is 6.09 Å². The van der Waals surface area contributed by atoms with Crippen LogP contribution in [0.3, 0.4) is 0 Å². The van der Waals surface area contributed by atoms with Gasteiger partial charge < -0.3 is 15.0 Å². The van der Waals surface area contributed by atoms with E-state index in [4.69, 9.17) is 4.74 Å². The third-order valence-electron chi connectivity index (χ3n) is 6.73. The zero-order valence-corrected chi connectivity index (χ0v) is 23.0. The molecule has 2 aliphatic rings. The Balaban J connectivity index is 1.04. The van der Waals surface area contributed by atoms with Gasteiger partial charge in [0.1, 0.15) is 5.60 Å². The van der Waals surface area contributed by atoms with Gasteiger partial charge in [-0.3, -0.25) is 15.2 Å². The number of amides is 2. The van der Waals surface area contributed by atoms with Crippen molar-refractivity contribution in [2.75, 3.05) is 25.0 Å². The smallest absolute Gasteiger partial charge is 0.412 e. The Morgan fingerprint density at radius 2 is 1.95 bits per heavy atom. The number of rotatable bonds is 7. The summed E-state index contributed by atoms with van der Waals surface area (Å²) in [5, 5.41) is 14.6. The largest absolute Gasteiger partial charge is 0.444 e. The molecule has 38 heavy (non-hydrogen) atoms. The minimum absolute atomic E-state index is 0.0148. The van der Waals surface area contributed by atoms with Crippen molar-refractivity contribution in [3.8, 4) is 0 Å². The van der Waals surface area contributed by atoms with Gasteiger partial charge in [0.05, 0.1) is 16.1 Å². The second-order valence-electron chi connectivity index (χ2n) is 10.9. The van der Waals surface area contributed by atoms with Gasteiger partial charge in [-0.05, 0) is 88.9 Å². The highest BCUT2D eigenvalue weighted by Crippen LogP contribution is 2.40. The van der Waals surface area contributed by atoms with Crippen molar-refractivity contribution >= 4 is 46.4 Å². The molecule has 3 N–H and O–H groups in total. The number of ether oxygens (including phenoxy) is 1. The highest BCUT2D eigenvalue weighted by atomic mass is 32.2. The van der Waals surface area contributed by atoms with E-state index in [0.29, 0.717) is 4.91 Å². The Kier molecular flexibility index (Phi) is 7.76. The number of aromatic amines is 1. The zero-order chi connectivity index (χ0) is 26.7. The maximum Gasteiger partial charge on any atom is 0.412 e. The first-order chi connectivity index (χ1) is 18.2. The van der Waals surface area contributed by atoms with Crippen LogP contribution >= 0.6 is 11.8 Å². The number of likely N-dealkylation sites (tertiary alicyclic amines) is 1. The van der Waals surface area contributed by atoms with E-state index in [2.05, 4.69) is 31.8 Å². The maximum atomic E-state index is 13.0. The molecule has 1 fully saturated rings. The van der Waals surface area contributed by atoms with Crippen LogP contribution in [-0.4, -0.2) is 58.4 Å². The molecule has 9 heteroatoms. The molecular formula is C29H35N5O3S. The average Bonchev–Trinajstić information content (AvgIpc) is 3.28. The van der Waals surface area contributed by atoms with Crippen molar-refractivity contribution in [1.29, 1.82) is 0 Å². The van der Waals surface area contributed by atoms with Crippen LogP contribution in [0, 0.1) is 0 Å². The number of nitrogens with zero attached hydrogens (tertiary/aromatic N) is 2. The Bertz CT molecular complexity index is 1350. The lowest BCUT2D eigenvalue weighted by molar-refractivity contribution is -0.117. The minimum Gasteiger partial charge on any atom is -0.444 e. The number of piperidine rings is 1. The van der Waals surface area contributed by atoms with Crippen molar-refractivity contribution in [3.05, 3.63) is 58.6 Å². The van der Waals surface area contributed by atoms with Crippen LogP contribution in [0.15, 0.2) is 52.3 Å². The van der Waals surface area contributed by atoms with E-state index < -0.39 is 11.7 Å². The Labute approximate surface area is 227 Å². The molecule has 0 atom stereocenters. The summed E-state index contributed by atoms with van der Waals surface area (Å²) in [6.45, 7) is 8.51. The van der Waals surface area contributed by atoms with Crippen LogP contribution in [-0.2, 0) is 16.0 Å². The van der Waals surface area contributed by atoms with Crippen LogP contribution in [0.5, 0.6) is 0 Å². The standard InChI is InChI=1S/C29H35N5O3S/c1-29(2,3)37-28(36)31-21-9-4-7-19(17-21)8-6-14-34-15-12-20(13-16-34)30-27(35)25-18-23-26-22(32-33-23)10-5-11-24(26)38-25/h4-5,7,9-11,17-18,20H,6,8,12-16H2,1-3H3,(H,30,35)(H,31,36)(H,32,33). The number of aromatic nitrogens is 2. The zero-order valence-electron chi connectivity index (χ0n) is 22.2. The molecule has 2 aliphatic heterocycles. The van der Waals surface area contributed by atoms with Gasteiger partial charge in [-0.15, -0.1) is 0 Å². The molecule has 3 heterocycles. The Hall–Kier alpha value is -3.30. The molecule has 5 rings (SSSR count). The number of aryl methyl sites for hydroxylation is 1. The predicted molar refractivity (Wildman–Crippen MR) is 152 cm³/mol. The van der Waals surface area contributed by atoms with Gasteiger partial charge in [-0.25, -0.2) is 4.79 Å². The number of hydrogen-bond acceptors (Lipinski definition) is 6. The maximum absolute atomic E-state index is 13.0.